The molecule has 0 saturated carbocycles. The fourth-order valence-electron chi connectivity index (χ4n) is 1.35. The van der Waals surface area contributed by atoms with Gasteiger partial charge in [0.05, 0.1) is 12.5 Å². The van der Waals surface area contributed by atoms with Crippen molar-refractivity contribution in [2.45, 2.75) is 31.3 Å². The zero-order valence-electron chi connectivity index (χ0n) is 11.0. The zero-order chi connectivity index (χ0) is 15.7. The van der Waals surface area contributed by atoms with E-state index in [0.717, 1.165) is 0 Å². The molecule has 0 aromatic heterocycles. The highest BCUT2D eigenvalue weighted by molar-refractivity contribution is 5.92. The van der Waals surface area contributed by atoms with E-state index in [0.29, 0.717) is 19.4 Å². The second kappa shape index (κ2) is 8.69. The molecular formula is C10H21N7O3. The van der Waals surface area contributed by atoms with Gasteiger partial charge < -0.3 is 34.0 Å². The molecule has 0 aliphatic rings. The van der Waals surface area contributed by atoms with E-state index >= 15 is 0 Å². The summed E-state index contributed by atoms with van der Waals surface area (Å²) in [6, 6.07) is -2.03. The molecule has 0 heterocycles. The Hall–Kier alpha value is -2.36. The Bertz CT molecular complexity index is 392. The maximum Gasteiger partial charge on any atom is 0.240 e. The van der Waals surface area contributed by atoms with Crippen LogP contribution in [-0.4, -0.2) is 42.3 Å². The number of aliphatic imine (C=N–C) groups is 1. The molecule has 0 aliphatic carbocycles. The second-order valence-electron chi connectivity index (χ2n) is 4.19. The number of guanidine groups is 1. The van der Waals surface area contributed by atoms with Crippen molar-refractivity contribution in [3.63, 3.8) is 0 Å². The van der Waals surface area contributed by atoms with Crippen LogP contribution in [0.4, 0.5) is 0 Å². The molecule has 0 unspecified atom stereocenters. The van der Waals surface area contributed by atoms with Crippen LogP contribution in [0.25, 0.3) is 0 Å². The summed E-state index contributed by atoms with van der Waals surface area (Å²) in [6.45, 7) is 0.337. The zero-order valence-corrected chi connectivity index (χ0v) is 11.0. The average molecular weight is 287 g/mol. The summed E-state index contributed by atoms with van der Waals surface area (Å²) in [7, 11) is 0. The number of primary amides is 2. The number of amides is 3. The van der Waals surface area contributed by atoms with Crippen LogP contribution in [0.5, 0.6) is 0 Å². The average Bonchev–Trinajstić information content (AvgIpc) is 2.32. The van der Waals surface area contributed by atoms with E-state index in [2.05, 4.69) is 10.3 Å². The van der Waals surface area contributed by atoms with Crippen LogP contribution >= 0.6 is 0 Å². The molecule has 10 nitrogen and oxygen atoms in total. The summed E-state index contributed by atoms with van der Waals surface area (Å²) in [4.78, 5) is 37.2. The molecule has 0 rings (SSSR count). The normalized spacial score (nSPS) is 13.1. The highest BCUT2D eigenvalue weighted by atomic mass is 16.2. The third kappa shape index (κ3) is 7.87. The standard InChI is InChI=1S/C10H21N7O3/c11-5(2-1-3-16-10(14)15)9(20)17-6(8(13)19)4-7(12)18/h5-6H,1-4,11H2,(H2,12,18)(H2,13,19)(H,17,20)(H4,14,15,16)/t5-,6-/m0/s1. The topological polar surface area (TPSA) is 206 Å². The van der Waals surface area contributed by atoms with Gasteiger partial charge in [-0.05, 0) is 12.8 Å². The van der Waals surface area contributed by atoms with Crippen LogP contribution in [0.2, 0.25) is 0 Å². The first kappa shape index (κ1) is 17.6. The number of rotatable bonds is 9. The van der Waals surface area contributed by atoms with Gasteiger partial charge in [-0.15, -0.1) is 0 Å². The van der Waals surface area contributed by atoms with Gasteiger partial charge in [0, 0.05) is 6.54 Å². The Morgan fingerprint density at radius 2 is 1.70 bits per heavy atom. The van der Waals surface area contributed by atoms with Crippen LogP contribution in [0.1, 0.15) is 19.3 Å². The van der Waals surface area contributed by atoms with Crippen molar-refractivity contribution in [3.8, 4) is 0 Å². The highest BCUT2D eigenvalue weighted by Gasteiger charge is 2.23. The van der Waals surface area contributed by atoms with Gasteiger partial charge >= 0.3 is 0 Å². The van der Waals surface area contributed by atoms with Gasteiger partial charge in [-0.2, -0.15) is 0 Å². The molecule has 0 bridgehead atoms. The van der Waals surface area contributed by atoms with E-state index < -0.39 is 29.8 Å². The van der Waals surface area contributed by atoms with Gasteiger partial charge in [0.15, 0.2) is 5.96 Å². The third-order valence-electron chi connectivity index (χ3n) is 2.37. The number of hydrogen-bond donors (Lipinski definition) is 6. The predicted octanol–water partition coefficient (Wildman–Crippen LogP) is -3.79. The van der Waals surface area contributed by atoms with Crippen LogP contribution < -0.4 is 34.0 Å². The fraction of sp³-hybridized carbons (Fsp3) is 0.600. The predicted molar refractivity (Wildman–Crippen MR) is 72.8 cm³/mol. The van der Waals surface area contributed by atoms with Crippen molar-refractivity contribution >= 4 is 23.7 Å². The summed E-state index contributed by atoms with van der Waals surface area (Å²) in [5, 5.41) is 2.27. The van der Waals surface area contributed by atoms with E-state index in [1.54, 1.807) is 0 Å². The van der Waals surface area contributed by atoms with E-state index in [-0.39, 0.29) is 12.4 Å². The third-order valence-corrected chi connectivity index (χ3v) is 2.37. The van der Waals surface area contributed by atoms with Crippen molar-refractivity contribution < 1.29 is 14.4 Å². The number of carbonyl (C=O) groups is 3. The lowest BCUT2D eigenvalue weighted by Crippen LogP contribution is -2.51. The molecule has 10 heteroatoms. The van der Waals surface area contributed by atoms with Gasteiger partial charge in [0.2, 0.25) is 17.7 Å². The first-order valence-corrected chi connectivity index (χ1v) is 5.93. The molecule has 0 radical (unpaired) electrons. The lowest BCUT2D eigenvalue weighted by Gasteiger charge is -2.17. The highest BCUT2D eigenvalue weighted by Crippen LogP contribution is 1.98. The molecule has 0 aromatic carbocycles. The lowest BCUT2D eigenvalue weighted by molar-refractivity contribution is -0.130. The molecule has 0 aliphatic heterocycles. The first-order valence-electron chi connectivity index (χ1n) is 5.93. The molecule has 0 aromatic rings. The molecule has 3 amide bonds. The largest absolute Gasteiger partial charge is 0.370 e. The summed E-state index contributed by atoms with van der Waals surface area (Å²) in [6.07, 6.45) is 0.427. The van der Waals surface area contributed by atoms with Gasteiger partial charge in [0.25, 0.3) is 0 Å². The fourth-order valence-corrected chi connectivity index (χ4v) is 1.35. The first-order chi connectivity index (χ1) is 9.23. The molecule has 0 spiro atoms. The van der Waals surface area contributed by atoms with Crippen molar-refractivity contribution in [3.05, 3.63) is 0 Å². The monoisotopic (exact) mass is 287 g/mol. The van der Waals surface area contributed by atoms with E-state index in [9.17, 15) is 14.4 Å². The smallest absolute Gasteiger partial charge is 0.240 e. The number of carbonyl (C=O) groups excluding carboxylic acids is 3. The number of nitrogens with one attached hydrogen (secondary N) is 1. The minimum absolute atomic E-state index is 0.0433. The Kier molecular flexibility index (Phi) is 7.67. The SMILES string of the molecule is NC(=O)C[C@H](NC(=O)[C@@H](N)CCCN=C(N)N)C(N)=O. The molecule has 11 N–H and O–H groups in total. The molecule has 2 atom stereocenters. The van der Waals surface area contributed by atoms with Gasteiger partial charge in [-0.3, -0.25) is 19.4 Å². The Labute approximate surface area is 116 Å². The summed E-state index contributed by atoms with van der Waals surface area (Å²) in [5.74, 6) is -2.25. The van der Waals surface area contributed by atoms with Crippen molar-refractivity contribution in [2.75, 3.05) is 6.54 Å². The van der Waals surface area contributed by atoms with Crippen molar-refractivity contribution in [1.29, 1.82) is 0 Å². The molecule has 0 fully saturated rings. The molecule has 20 heavy (non-hydrogen) atoms. The number of nitrogens with zero attached hydrogens (tertiary/aromatic N) is 1. The molecular weight excluding hydrogens is 266 g/mol. The van der Waals surface area contributed by atoms with Crippen LogP contribution in [0, 0.1) is 0 Å². The van der Waals surface area contributed by atoms with E-state index in [1.165, 1.54) is 0 Å². The van der Waals surface area contributed by atoms with Gasteiger partial charge in [0.1, 0.15) is 6.04 Å². The minimum Gasteiger partial charge on any atom is -0.370 e. The maximum absolute atomic E-state index is 11.7. The second-order valence-corrected chi connectivity index (χ2v) is 4.19. The summed E-state index contributed by atoms with van der Waals surface area (Å²) >= 11 is 0. The minimum atomic E-state index is -1.16. The van der Waals surface area contributed by atoms with Crippen molar-refractivity contribution in [1.82, 2.24) is 5.32 Å². The van der Waals surface area contributed by atoms with Gasteiger partial charge in [-0.1, -0.05) is 0 Å². The van der Waals surface area contributed by atoms with Crippen LogP contribution in [0.3, 0.4) is 0 Å². The summed E-state index contributed by atoms with van der Waals surface area (Å²) < 4.78 is 0. The Morgan fingerprint density at radius 3 is 2.15 bits per heavy atom. The number of hydrogen-bond acceptors (Lipinski definition) is 5. The molecule has 114 valence electrons. The van der Waals surface area contributed by atoms with E-state index in [1.807, 2.05) is 0 Å². The van der Waals surface area contributed by atoms with E-state index in [4.69, 9.17) is 28.7 Å². The Morgan fingerprint density at radius 1 is 1.10 bits per heavy atom. The molecule has 0 saturated heterocycles. The summed E-state index contributed by atoms with van der Waals surface area (Å²) in [5.41, 5.74) is 25.9. The number of nitrogens with two attached hydrogens (primary N) is 5. The quantitative estimate of drug-likeness (QED) is 0.142. The van der Waals surface area contributed by atoms with Crippen molar-refractivity contribution in [2.24, 2.45) is 33.7 Å². The Balaban J connectivity index is 4.25. The maximum atomic E-state index is 11.7. The van der Waals surface area contributed by atoms with Gasteiger partial charge in [-0.25, -0.2) is 0 Å². The lowest BCUT2D eigenvalue weighted by atomic mass is 10.1. The van der Waals surface area contributed by atoms with Crippen LogP contribution in [0.15, 0.2) is 4.99 Å². The van der Waals surface area contributed by atoms with Crippen LogP contribution in [-0.2, 0) is 14.4 Å².